The zero-order chi connectivity index (χ0) is 35.4. The molecular weight excluding hydrogens is 679 g/mol. The molecular formula is C26H25F12N2O5P. The number of halogens is 12. The number of hydrogen-bond acceptors (Lipinski definition) is 5. The summed E-state index contributed by atoms with van der Waals surface area (Å²) in [6.07, 6.45) is -34.3. The van der Waals surface area contributed by atoms with Gasteiger partial charge in [0.1, 0.15) is 0 Å². The fourth-order valence-electron chi connectivity index (χ4n) is 4.44. The number of para-hydroxylation sites is 2. The van der Waals surface area contributed by atoms with E-state index in [4.69, 9.17) is 0 Å². The molecule has 20 heteroatoms. The number of anilines is 2. The summed E-state index contributed by atoms with van der Waals surface area (Å²) >= 11 is 0. The molecule has 0 bridgehead atoms. The lowest BCUT2D eigenvalue weighted by atomic mass is 9.92. The summed E-state index contributed by atoms with van der Waals surface area (Å²) in [4.78, 5) is 27.0. The number of amides is 2. The van der Waals surface area contributed by atoms with Crippen LogP contribution in [0, 0.1) is 0 Å². The van der Waals surface area contributed by atoms with E-state index >= 15 is 0 Å². The van der Waals surface area contributed by atoms with Crippen molar-refractivity contribution in [2.24, 2.45) is 0 Å². The van der Waals surface area contributed by atoms with Crippen LogP contribution in [0.15, 0.2) is 60.7 Å². The molecule has 0 heterocycles. The summed E-state index contributed by atoms with van der Waals surface area (Å²) < 4.78 is 186. The van der Waals surface area contributed by atoms with Crippen molar-refractivity contribution in [1.29, 1.82) is 0 Å². The van der Waals surface area contributed by atoms with Crippen LogP contribution in [-0.2, 0) is 23.2 Å². The first kappa shape index (κ1) is 38.9. The molecule has 46 heavy (non-hydrogen) atoms. The van der Waals surface area contributed by atoms with Gasteiger partial charge in [-0.05, 0) is 24.3 Å². The lowest BCUT2D eigenvalue weighted by Gasteiger charge is -2.39. The minimum absolute atomic E-state index is 0.222. The van der Waals surface area contributed by atoms with Crippen molar-refractivity contribution in [3.8, 4) is 0 Å². The first-order chi connectivity index (χ1) is 20.8. The largest absolute Gasteiger partial charge is 0.392 e. The Labute approximate surface area is 254 Å². The summed E-state index contributed by atoms with van der Waals surface area (Å²) in [5.41, 5.74) is -9.25. The molecule has 0 aromatic heterocycles. The first-order valence-electron chi connectivity index (χ1n) is 12.6. The minimum atomic E-state index is -5.72. The molecule has 0 N–H and O–H groups in total. The van der Waals surface area contributed by atoms with Crippen molar-refractivity contribution in [3.05, 3.63) is 60.7 Å². The van der Waals surface area contributed by atoms with E-state index in [1.807, 2.05) is 0 Å². The summed E-state index contributed by atoms with van der Waals surface area (Å²) in [5.74, 6) is -4.36. The lowest BCUT2D eigenvalue weighted by Crippen LogP contribution is -2.55. The number of hydrogen-bond donors (Lipinski definition) is 0. The van der Waals surface area contributed by atoms with E-state index in [0.29, 0.717) is 14.1 Å². The summed E-state index contributed by atoms with van der Waals surface area (Å²) in [6.45, 7) is 0. The highest BCUT2D eigenvalue weighted by Gasteiger charge is 2.60. The van der Waals surface area contributed by atoms with Crippen LogP contribution in [0.3, 0.4) is 0 Å². The molecule has 0 spiro atoms. The Hall–Kier alpha value is -3.31. The fraction of sp³-hybridized carbons (Fsp3) is 0.462. The minimum Gasteiger partial charge on any atom is -0.313 e. The van der Waals surface area contributed by atoms with E-state index in [1.165, 1.54) is 36.4 Å². The van der Waals surface area contributed by atoms with Crippen molar-refractivity contribution in [3.63, 3.8) is 0 Å². The van der Waals surface area contributed by atoms with Gasteiger partial charge in [0, 0.05) is 25.5 Å². The molecule has 7 nitrogen and oxygen atoms in total. The Morgan fingerprint density at radius 3 is 1.00 bits per heavy atom. The second-order valence-corrected chi connectivity index (χ2v) is 10.9. The third kappa shape index (κ3) is 11.5. The molecule has 0 fully saturated rings. The number of alkyl halides is 12. The van der Waals surface area contributed by atoms with Crippen molar-refractivity contribution in [1.82, 2.24) is 0 Å². The van der Waals surface area contributed by atoms with Gasteiger partial charge in [0.2, 0.25) is 0 Å². The van der Waals surface area contributed by atoms with Gasteiger partial charge in [0.25, 0.3) is 11.8 Å². The second-order valence-electron chi connectivity index (χ2n) is 10.0. The Balaban J connectivity index is 2.74. The van der Waals surface area contributed by atoms with Gasteiger partial charge in [0.05, 0.1) is 25.7 Å². The monoisotopic (exact) mass is 704 g/mol. The summed E-state index contributed by atoms with van der Waals surface area (Å²) in [5, 5.41) is 0. The number of carbonyl (C=O) groups excluding carboxylic acids is 2. The van der Waals surface area contributed by atoms with Crippen LogP contribution in [-0.4, -0.2) is 61.8 Å². The molecule has 0 aliphatic rings. The zero-order valence-corrected chi connectivity index (χ0v) is 24.6. The van der Waals surface area contributed by atoms with Crippen molar-refractivity contribution >= 4 is 31.4 Å². The third-order valence-corrected chi connectivity index (χ3v) is 7.29. The predicted molar refractivity (Wildman–Crippen MR) is 139 cm³/mol. The van der Waals surface area contributed by atoms with Crippen LogP contribution in [0.2, 0.25) is 0 Å². The average molecular weight is 704 g/mol. The van der Waals surface area contributed by atoms with Crippen LogP contribution < -0.4 is 9.80 Å². The zero-order valence-electron chi connectivity index (χ0n) is 23.6. The van der Waals surface area contributed by atoms with E-state index < -0.39 is 81.7 Å². The van der Waals surface area contributed by atoms with Gasteiger partial charge in [-0.2, -0.15) is 52.7 Å². The topological polar surface area (TPSA) is 76.1 Å². The van der Waals surface area contributed by atoms with Crippen LogP contribution in [0.4, 0.5) is 64.1 Å². The maximum atomic E-state index is 13.7. The quantitative estimate of drug-likeness (QED) is 0.165. The van der Waals surface area contributed by atoms with Gasteiger partial charge in [-0.1, -0.05) is 36.4 Å². The Kier molecular flexibility index (Phi) is 12.0. The second kappa shape index (κ2) is 14.2. The molecule has 2 rings (SSSR count). The van der Waals surface area contributed by atoms with Crippen molar-refractivity contribution in [2.75, 3.05) is 23.9 Å². The predicted octanol–water partition coefficient (Wildman–Crippen LogP) is 8.02. The van der Waals surface area contributed by atoms with Crippen molar-refractivity contribution in [2.45, 2.75) is 61.6 Å². The van der Waals surface area contributed by atoms with E-state index in [0.717, 1.165) is 24.3 Å². The molecule has 0 saturated carbocycles. The van der Waals surface area contributed by atoms with Gasteiger partial charge >= 0.3 is 33.0 Å². The summed E-state index contributed by atoms with van der Waals surface area (Å²) in [6, 6.07) is 11.8. The summed E-state index contributed by atoms with van der Waals surface area (Å²) in [7, 11) is -4.07. The maximum Gasteiger partial charge on any atom is 0.392 e. The smallest absolute Gasteiger partial charge is 0.313 e. The Morgan fingerprint density at radius 1 is 0.543 bits per heavy atom. The van der Waals surface area contributed by atoms with Gasteiger partial charge < -0.3 is 9.80 Å². The van der Waals surface area contributed by atoms with Gasteiger partial charge in [0.15, 0.2) is 11.2 Å². The molecule has 0 saturated heterocycles. The van der Waals surface area contributed by atoms with E-state index in [1.54, 1.807) is 0 Å². The highest BCUT2D eigenvalue weighted by atomic mass is 31.1. The molecule has 0 aliphatic carbocycles. The molecule has 0 unspecified atom stereocenters. The van der Waals surface area contributed by atoms with Gasteiger partial charge in [-0.15, -0.1) is 0 Å². The molecule has 258 valence electrons. The number of rotatable bonds is 12. The fourth-order valence-corrected chi connectivity index (χ4v) is 5.59. The normalized spacial score (nSPS) is 13.5. The number of likely N-dealkylation sites (N-methyl/N-ethyl adjacent to an activating group) is 2. The maximum absolute atomic E-state index is 13.7. The first-order valence-corrected chi connectivity index (χ1v) is 13.9. The third-order valence-electron chi connectivity index (χ3n) is 6.18. The molecule has 0 atom stereocenters. The van der Waals surface area contributed by atoms with Crippen LogP contribution in [0.5, 0.6) is 0 Å². The van der Waals surface area contributed by atoms with Gasteiger partial charge in [-0.3, -0.25) is 23.2 Å². The highest BCUT2D eigenvalue weighted by molar-refractivity contribution is 7.33. The SMILES string of the molecule is CN(C(=O)C(CC(F)(F)F)(CC(F)(F)F)O[PH](=O)OC(CC(F)(F)F)(CC(F)(F)F)C(=O)N(C)c1ccccc1)c1ccccc1. The molecule has 2 amide bonds. The van der Waals surface area contributed by atoms with Crippen LogP contribution >= 0.6 is 8.25 Å². The molecule has 0 radical (unpaired) electrons. The number of nitrogens with zero attached hydrogens (tertiary/aromatic N) is 2. The van der Waals surface area contributed by atoms with E-state index in [2.05, 4.69) is 9.05 Å². The molecule has 2 aromatic rings. The number of benzene rings is 2. The van der Waals surface area contributed by atoms with E-state index in [9.17, 15) is 66.8 Å². The lowest BCUT2D eigenvalue weighted by molar-refractivity contribution is -0.218. The van der Waals surface area contributed by atoms with Gasteiger partial charge in [-0.25, -0.2) is 0 Å². The van der Waals surface area contributed by atoms with Crippen molar-refractivity contribution < 1.29 is 75.9 Å². The van der Waals surface area contributed by atoms with E-state index in [-0.39, 0.29) is 21.2 Å². The Morgan fingerprint density at radius 2 is 0.783 bits per heavy atom. The average Bonchev–Trinajstić information content (AvgIpc) is 2.88. The highest BCUT2D eigenvalue weighted by Crippen LogP contribution is 2.50. The Bertz CT molecular complexity index is 1220. The molecule has 0 aliphatic heterocycles. The van der Waals surface area contributed by atoms with Crippen LogP contribution in [0.25, 0.3) is 0 Å². The number of carbonyl (C=O) groups is 2. The molecule has 2 aromatic carbocycles. The standard InChI is InChI=1S/C26H25F12N2O5P/c1-39(17-9-5-3-6-10-17)19(41)21(13-23(27,28)29,14-24(30,31)32)44-46(43)45-22(15-25(33,34)35,16-26(36,37)38)20(42)40(2)18-11-7-4-8-12-18/h3-12,46H,13-16H2,1-2H3. The van der Waals surface area contributed by atoms with Crippen LogP contribution in [0.1, 0.15) is 25.7 Å².